The minimum absolute atomic E-state index is 0. The number of nitrogens with zero attached hydrogens (tertiary/aromatic N) is 4. The molecule has 3 N–H and O–H groups in total. The van der Waals surface area contributed by atoms with E-state index >= 15 is 0 Å². The molecule has 0 saturated heterocycles. The van der Waals surface area contributed by atoms with E-state index in [9.17, 15) is 9.18 Å². The average Bonchev–Trinajstić information content (AvgIpc) is 3.32. The summed E-state index contributed by atoms with van der Waals surface area (Å²) >= 11 is 0. The number of hydrogen-bond donors (Lipinski definition) is 3. The Kier molecular flexibility index (Phi) is 8.71. The van der Waals surface area contributed by atoms with Crippen molar-refractivity contribution in [3.05, 3.63) is 52.1 Å². The molecular formula is C22H31FIN7O. The van der Waals surface area contributed by atoms with Gasteiger partial charge in [0.15, 0.2) is 5.96 Å². The van der Waals surface area contributed by atoms with E-state index in [0.29, 0.717) is 19.6 Å². The highest BCUT2D eigenvalue weighted by atomic mass is 127. The summed E-state index contributed by atoms with van der Waals surface area (Å²) in [6.45, 7) is 5.42. The number of aromatic amines is 1. The van der Waals surface area contributed by atoms with E-state index in [4.69, 9.17) is 0 Å². The lowest BCUT2D eigenvalue weighted by atomic mass is 10.1. The zero-order chi connectivity index (χ0) is 21.6. The molecule has 0 fully saturated rings. The number of benzene rings is 1. The summed E-state index contributed by atoms with van der Waals surface area (Å²) < 4.78 is 16.9. The van der Waals surface area contributed by atoms with Crippen LogP contribution in [0, 0.1) is 5.82 Å². The third-order valence-corrected chi connectivity index (χ3v) is 5.59. The molecule has 0 atom stereocenters. The van der Waals surface area contributed by atoms with Crippen molar-refractivity contribution in [1.82, 2.24) is 30.0 Å². The lowest BCUT2D eigenvalue weighted by Gasteiger charge is -2.11. The first kappa shape index (κ1) is 24.3. The Labute approximate surface area is 203 Å². The molecule has 2 aromatic heterocycles. The van der Waals surface area contributed by atoms with Gasteiger partial charge < -0.3 is 15.6 Å². The number of nitrogens with one attached hydrogen (secondary N) is 3. The van der Waals surface area contributed by atoms with Gasteiger partial charge >= 0.3 is 5.69 Å². The van der Waals surface area contributed by atoms with Crippen LogP contribution >= 0.6 is 24.0 Å². The standard InChI is InChI=1S/C22H30FN7O.HI/c1-2-24-21(26-11-9-16-15-27-19-8-7-17(23)14-18(16)19)25-10-5-13-30-22(31)29-12-4-3-6-20(29)28-30;/h7-8,14-15,27H,2-6,9-13H2,1H3,(H2,24,25,26);1H. The molecule has 174 valence electrons. The van der Waals surface area contributed by atoms with Crippen molar-refractivity contribution in [2.75, 3.05) is 19.6 Å². The van der Waals surface area contributed by atoms with Crippen molar-refractivity contribution in [1.29, 1.82) is 0 Å². The quantitative estimate of drug-likeness (QED) is 0.173. The molecular weight excluding hydrogens is 524 g/mol. The maximum absolute atomic E-state index is 13.5. The second-order valence-corrected chi connectivity index (χ2v) is 7.83. The Bertz CT molecular complexity index is 1120. The van der Waals surface area contributed by atoms with Gasteiger partial charge in [0.25, 0.3) is 0 Å². The molecule has 0 amide bonds. The van der Waals surface area contributed by atoms with E-state index in [2.05, 4.69) is 25.7 Å². The van der Waals surface area contributed by atoms with Gasteiger partial charge in [-0.15, -0.1) is 24.0 Å². The number of aryl methyl sites for hydroxylation is 2. The molecule has 10 heteroatoms. The van der Waals surface area contributed by atoms with Crippen molar-refractivity contribution in [2.24, 2.45) is 4.99 Å². The van der Waals surface area contributed by atoms with Crippen LogP contribution in [0.2, 0.25) is 0 Å². The monoisotopic (exact) mass is 555 g/mol. The highest BCUT2D eigenvalue weighted by molar-refractivity contribution is 14.0. The molecule has 0 bridgehead atoms. The number of guanidine groups is 1. The summed E-state index contributed by atoms with van der Waals surface area (Å²) in [4.78, 5) is 20.2. The minimum Gasteiger partial charge on any atom is -0.361 e. The van der Waals surface area contributed by atoms with E-state index in [1.54, 1.807) is 21.4 Å². The van der Waals surface area contributed by atoms with Crippen molar-refractivity contribution < 1.29 is 4.39 Å². The van der Waals surface area contributed by atoms with Crippen LogP contribution in [-0.4, -0.2) is 44.9 Å². The summed E-state index contributed by atoms with van der Waals surface area (Å²) in [7, 11) is 0. The predicted octanol–water partition coefficient (Wildman–Crippen LogP) is 2.81. The Hall–Kier alpha value is -2.37. The van der Waals surface area contributed by atoms with Gasteiger partial charge in [-0.05, 0) is 56.4 Å². The maximum Gasteiger partial charge on any atom is 0.345 e. The molecule has 8 nitrogen and oxygen atoms in total. The third-order valence-electron chi connectivity index (χ3n) is 5.59. The highest BCUT2D eigenvalue weighted by Crippen LogP contribution is 2.19. The van der Waals surface area contributed by atoms with Gasteiger partial charge in [-0.25, -0.2) is 13.9 Å². The Morgan fingerprint density at radius 3 is 3.00 bits per heavy atom. The summed E-state index contributed by atoms with van der Waals surface area (Å²) in [6.07, 6.45) is 6.47. The number of fused-ring (bicyclic) bond motifs is 2. The van der Waals surface area contributed by atoms with Crippen LogP contribution in [-0.2, 0) is 25.9 Å². The first-order valence-corrected chi connectivity index (χ1v) is 11.1. The van der Waals surface area contributed by atoms with E-state index in [1.807, 2.05) is 13.1 Å². The fourth-order valence-corrected chi connectivity index (χ4v) is 4.02. The number of H-pyrrole nitrogens is 1. The molecule has 1 aliphatic heterocycles. The minimum atomic E-state index is -0.228. The van der Waals surface area contributed by atoms with Crippen LogP contribution in [0.1, 0.15) is 37.6 Å². The number of aromatic nitrogens is 4. The number of rotatable bonds is 8. The second-order valence-electron chi connectivity index (χ2n) is 7.83. The second kappa shape index (κ2) is 11.5. The number of hydrogen-bond acceptors (Lipinski definition) is 3. The summed E-state index contributed by atoms with van der Waals surface area (Å²) in [5, 5.41) is 12.0. The molecule has 0 saturated carbocycles. The Morgan fingerprint density at radius 1 is 1.31 bits per heavy atom. The molecule has 32 heavy (non-hydrogen) atoms. The average molecular weight is 555 g/mol. The molecule has 1 aliphatic rings. The van der Waals surface area contributed by atoms with Gasteiger partial charge in [-0.2, -0.15) is 5.10 Å². The van der Waals surface area contributed by atoms with Crippen molar-refractivity contribution in [2.45, 2.75) is 52.1 Å². The van der Waals surface area contributed by atoms with Gasteiger partial charge in [-0.1, -0.05) is 0 Å². The molecule has 3 aromatic rings. The predicted molar refractivity (Wildman–Crippen MR) is 135 cm³/mol. The van der Waals surface area contributed by atoms with E-state index < -0.39 is 0 Å². The summed E-state index contributed by atoms with van der Waals surface area (Å²) in [5.74, 6) is 1.42. The molecule has 0 radical (unpaired) electrons. The Balaban J connectivity index is 0.00000289. The van der Waals surface area contributed by atoms with Crippen LogP contribution in [0.5, 0.6) is 0 Å². The van der Waals surface area contributed by atoms with Crippen LogP contribution < -0.4 is 16.3 Å². The molecule has 4 rings (SSSR count). The largest absolute Gasteiger partial charge is 0.361 e. The molecule has 1 aromatic carbocycles. The van der Waals surface area contributed by atoms with Gasteiger partial charge in [0.05, 0.1) is 0 Å². The zero-order valence-corrected chi connectivity index (χ0v) is 20.7. The Morgan fingerprint density at radius 2 is 2.19 bits per heavy atom. The van der Waals surface area contributed by atoms with Gasteiger partial charge in [0.2, 0.25) is 0 Å². The van der Waals surface area contributed by atoms with Crippen LogP contribution in [0.4, 0.5) is 4.39 Å². The molecule has 0 aliphatic carbocycles. The lowest BCUT2D eigenvalue weighted by molar-refractivity contribution is 0.509. The normalized spacial score (nSPS) is 13.6. The summed E-state index contributed by atoms with van der Waals surface area (Å²) in [6, 6.07) is 4.79. The molecule has 0 spiro atoms. The smallest absolute Gasteiger partial charge is 0.345 e. The maximum atomic E-state index is 13.5. The van der Waals surface area contributed by atoms with E-state index in [0.717, 1.165) is 73.4 Å². The fraction of sp³-hybridized carbons (Fsp3) is 0.500. The van der Waals surface area contributed by atoms with E-state index in [1.165, 1.54) is 6.07 Å². The van der Waals surface area contributed by atoms with Crippen LogP contribution in [0.3, 0.4) is 0 Å². The third kappa shape index (κ3) is 5.70. The SMILES string of the molecule is CCNC(=NCCCn1nc2n(c1=O)CCCC2)NCCc1c[nH]c2ccc(F)cc12.I. The van der Waals surface area contributed by atoms with Gasteiger partial charge in [-0.3, -0.25) is 9.56 Å². The first-order chi connectivity index (χ1) is 15.2. The fourth-order valence-electron chi connectivity index (χ4n) is 4.02. The van der Waals surface area contributed by atoms with Gasteiger partial charge in [0, 0.05) is 56.2 Å². The van der Waals surface area contributed by atoms with Crippen LogP contribution in [0.25, 0.3) is 10.9 Å². The number of aliphatic imine (C=N–C) groups is 1. The zero-order valence-electron chi connectivity index (χ0n) is 18.4. The summed E-state index contributed by atoms with van der Waals surface area (Å²) in [5.41, 5.74) is 2.01. The number of halogens is 2. The van der Waals surface area contributed by atoms with E-state index in [-0.39, 0.29) is 35.5 Å². The van der Waals surface area contributed by atoms with Crippen molar-refractivity contribution in [3.8, 4) is 0 Å². The lowest BCUT2D eigenvalue weighted by Crippen LogP contribution is -2.38. The topological polar surface area (TPSA) is 92.0 Å². The first-order valence-electron chi connectivity index (χ1n) is 11.1. The highest BCUT2D eigenvalue weighted by Gasteiger charge is 2.16. The molecule has 3 heterocycles. The van der Waals surface area contributed by atoms with Gasteiger partial charge in [0.1, 0.15) is 11.6 Å². The van der Waals surface area contributed by atoms with Crippen molar-refractivity contribution >= 4 is 40.8 Å². The van der Waals surface area contributed by atoms with Crippen LogP contribution in [0.15, 0.2) is 34.2 Å². The molecule has 0 unspecified atom stereocenters. The van der Waals surface area contributed by atoms with Crippen molar-refractivity contribution in [3.63, 3.8) is 0 Å².